The van der Waals surface area contributed by atoms with E-state index in [1.165, 1.54) is 11.1 Å². The van der Waals surface area contributed by atoms with Gasteiger partial charge in [-0.1, -0.05) is 24.3 Å². The van der Waals surface area contributed by atoms with Crippen LogP contribution in [0, 0.1) is 12.8 Å². The van der Waals surface area contributed by atoms with Crippen molar-refractivity contribution in [3.05, 3.63) is 59.2 Å². The third-order valence-corrected chi connectivity index (χ3v) is 7.97. The lowest BCUT2D eigenvalue weighted by molar-refractivity contribution is -0.119. The lowest BCUT2D eigenvalue weighted by Crippen LogP contribution is -2.30. The second-order valence-electron chi connectivity index (χ2n) is 7.68. The summed E-state index contributed by atoms with van der Waals surface area (Å²) in [5.41, 5.74) is 4.35. The third kappa shape index (κ3) is 4.68. The summed E-state index contributed by atoms with van der Waals surface area (Å²) in [7, 11) is -3.54. The number of carbonyl (C=O) groups is 1. The molecule has 2 aromatic rings. The second kappa shape index (κ2) is 8.50. The molecule has 1 aliphatic heterocycles. The van der Waals surface area contributed by atoms with E-state index in [0.717, 1.165) is 29.8 Å². The van der Waals surface area contributed by atoms with E-state index in [1.807, 2.05) is 17.0 Å². The number of carbonyl (C=O) groups excluding carboxylic acids is 1. The average molecular weight is 431 g/mol. The molecule has 0 atom stereocenters. The molecule has 1 saturated carbocycles. The van der Waals surface area contributed by atoms with Gasteiger partial charge in [-0.25, -0.2) is 13.1 Å². The Kier molecular flexibility index (Phi) is 5.99. The molecule has 2 aliphatic rings. The minimum absolute atomic E-state index is 0.170. The first-order chi connectivity index (χ1) is 14.0. The standard InChI is InChI=1S/C22H26N2O3S2/c1-16-4-2-3-5-19(16)15-28-13-11-23-29(26,27)20-8-9-21-18(14-20)10-12-24(21)22(25)17-6-7-17/h2-5,8-9,14,17,23H,6-7,10-13,15H2,1H3. The molecule has 0 aromatic heterocycles. The van der Waals surface area contributed by atoms with Crippen LogP contribution in [0.25, 0.3) is 0 Å². The summed E-state index contributed by atoms with van der Waals surface area (Å²) in [4.78, 5) is 14.5. The minimum atomic E-state index is -3.54. The Morgan fingerprint density at radius 1 is 1.21 bits per heavy atom. The number of fused-ring (bicyclic) bond motifs is 1. The molecule has 5 nitrogen and oxygen atoms in total. The molecule has 1 heterocycles. The fourth-order valence-corrected chi connectivity index (χ4v) is 5.76. The fourth-order valence-electron chi connectivity index (χ4n) is 3.61. The average Bonchev–Trinajstić information content (AvgIpc) is 3.47. The monoisotopic (exact) mass is 430 g/mol. The molecular weight excluding hydrogens is 404 g/mol. The van der Waals surface area contributed by atoms with Gasteiger partial charge in [0, 0.05) is 36.2 Å². The molecule has 29 heavy (non-hydrogen) atoms. The maximum absolute atomic E-state index is 12.7. The SMILES string of the molecule is Cc1ccccc1CSCCNS(=O)(=O)c1ccc2c(c1)CCN2C(=O)C1CC1. The predicted octanol–water partition coefficient (Wildman–Crippen LogP) is 3.51. The van der Waals surface area contributed by atoms with E-state index in [0.29, 0.717) is 25.3 Å². The summed E-state index contributed by atoms with van der Waals surface area (Å²) in [5, 5.41) is 0. The van der Waals surface area contributed by atoms with Gasteiger partial charge in [0.1, 0.15) is 0 Å². The van der Waals surface area contributed by atoms with Crippen LogP contribution in [0.15, 0.2) is 47.4 Å². The molecule has 1 amide bonds. The molecule has 1 aliphatic carbocycles. The number of rotatable bonds is 8. The molecule has 2 aromatic carbocycles. The predicted molar refractivity (Wildman–Crippen MR) is 118 cm³/mol. The number of anilines is 1. The fraction of sp³-hybridized carbons (Fsp3) is 0.409. The first-order valence-corrected chi connectivity index (χ1v) is 12.7. The van der Waals surface area contributed by atoms with Crippen LogP contribution in [0.5, 0.6) is 0 Å². The van der Waals surface area contributed by atoms with E-state index >= 15 is 0 Å². The molecule has 7 heteroatoms. The first kappa shape index (κ1) is 20.4. The van der Waals surface area contributed by atoms with Crippen LogP contribution in [-0.2, 0) is 27.0 Å². The Bertz CT molecular complexity index is 1020. The number of hydrogen-bond donors (Lipinski definition) is 1. The van der Waals surface area contributed by atoms with Crippen LogP contribution in [-0.4, -0.2) is 33.2 Å². The summed E-state index contributed by atoms with van der Waals surface area (Å²) in [6.07, 6.45) is 2.66. The quantitative estimate of drug-likeness (QED) is 0.651. The summed E-state index contributed by atoms with van der Waals surface area (Å²) in [6.45, 7) is 3.13. The highest BCUT2D eigenvalue weighted by Gasteiger charge is 2.36. The van der Waals surface area contributed by atoms with E-state index in [2.05, 4.69) is 23.8 Å². The van der Waals surface area contributed by atoms with Crippen LogP contribution in [0.4, 0.5) is 5.69 Å². The minimum Gasteiger partial charge on any atom is -0.312 e. The van der Waals surface area contributed by atoms with Crippen molar-refractivity contribution in [1.29, 1.82) is 0 Å². The second-order valence-corrected chi connectivity index (χ2v) is 10.6. The molecule has 0 spiro atoms. The van der Waals surface area contributed by atoms with Gasteiger partial charge in [0.25, 0.3) is 0 Å². The van der Waals surface area contributed by atoms with Crippen molar-refractivity contribution in [1.82, 2.24) is 4.72 Å². The van der Waals surface area contributed by atoms with Gasteiger partial charge in [-0.05, 0) is 61.1 Å². The van der Waals surface area contributed by atoms with Gasteiger partial charge in [-0.15, -0.1) is 0 Å². The first-order valence-electron chi connectivity index (χ1n) is 10.0. The van der Waals surface area contributed by atoms with Crippen LogP contribution in [0.1, 0.15) is 29.5 Å². The largest absolute Gasteiger partial charge is 0.312 e. The number of sulfonamides is 1. The number of nitrogens with zero attached hydrogens (tertiary/aromatic N) is 1. The Labute approximate surface area is 176 Å². The highest BCUT2D eigenvalue weighted by molar-refractivity contribution is 7.98. The highest BCUT2D eigenvalue weighted by Crippen LogP contribution is 2.37. The Hall–Kier alpha value is -1.83. The molecule has 1 N–H and O–H groups in total. The van der Waals surface area contributed by atoms with Crippen molar-refractivity contribution in [3.8, 4) is 0 Å². The molecule has 0 unspecified atom stereocenters. The number of hydrogen-bond acceptors (Lipinski definition) is 4. The van der Waals surface area contributed by atoms with E-state index in [9.17, 15) is 13.2 Å². The molecule has 0 radical (unpaired) electrons. The van der Waals surface area contributed by atoms with Crippen LogP contribution in [0.3, 0.4) is 0 Å². The van der Waals surface area contributed by atoms with Gasteiger partial charge in [-0.2, -0.15) is 11.8 Å². The van der Waals surface area contributed by atoms with Gasteiger partial charge in [0.15, 0.2) is 0 Å². The third-order valence-electron chi connectivity index (χ3n) is 5.51. The number of benzene rings is 2. The number of thioether (sulfide) groups is 1. The van der Waals surface area contributed by atoms with Crippen LogP contribution in [0.2, 0.25) is 0 Å². The Morgan fingerprint density at radius 3 is 2.76 bits per heavy atom. The topological polar surface area (TPSA) is 66.5 Å². The van der Waals surface area contributed by atoms with Crippen molar-refractivity contribution in [2.24, 2.45) is 5.92 Å². The summed E-state index contributed by atoms with van der Waals surface area (Å²) < 4.78 is 28.0. The highest BCUT2D eigenvalue weighted by atomic mass is 32.2. The number of amides is 1. The van der Waals surface area contributed by atoms with Gasteiger partial charge in [0.05, 0.1) is 4.90 Å². The van der Waals surface area contributed by atoms with Crippen molar-refractivity contribution in [2.75, 3.05) is 23.7 Å². The maximum Gasteiger partial charge on any atom is 0.240 e. The number of aryl methyl sites for hydroxylation is 1. The molecule has 0 bridgehead atoms. The maximum atomic E-state index is 12.7. The van der Waals surface area contributed by atoms with E-state index < -0.39 is 10.0 Å². The van der Waals surface area contributed by atoms with E-state index in [4.69, 9.17) is 0 Å². The molecule has 1 fully saturated rings. The van der Waals surface area contributed by atoms with Crippen molar-refractivity contribution in [2.45, 2.75) is 36.8 Å². The normalized spacial score (nSPS) is 16.1. The molecule has 4 rings (SSSR count). The summed E-state index contributed by atoms with van der Waals surface area (Å²) in [6, 6.07) is 13.4. The van der Waals surface area contributed by atoms with E-state index in [1.54, 1.807) is 30.0 Å². The zero-order valence-corrected chi connectivity index (χ0v) is 18.2. The molecule has 154 valence electrons. The zero-order chi connectivity index (χ0) is 20.4. The Morgan fingerprint density at radius 2 is 2.00 bits per heavy atom. The Balaban J connectivity index is 1.32. The van der Waals surface area contributed by atoms with Gasteiger partial charge in [0.2, 0.25) is 15.9 Å². The smallest absolute Gasteiger partial charge is 0.240 e. The lowest BCUT2D eigenvalue weighted by atomic mass is 10.1. The van der Waals surface area contributed by atoms with Crippen molar-refractivity contribution < 1.29 is 13.2 Å². The lowest BCUT2D eigenvalue weighted by Gasteiger charge is -2.17. The van der Waals surface area contributed by atoms with Crippen LogP contribution < -0.4 is 9.62 Å². The molecular formula is C22H26N2O3S2. The van der Waals surface area contributed by atoms with Crippen molar-refractivity contribution in [3.63, 3.8) is 0 Å². The number of nitrogens with one attached hydrogen (secondary N) is 1. The van der Waals surface area contributed by atoms with Crippen molar-refractivity contribution >= 4 is 33.4 Å². The zero-order valence-electron chi connectivity index (χ0n) is 16.6. The van der Waals surface area contributed by atoms with E-state index in [-0.39, 0.29) is 16.7 Å². The van der Waals surface area contributed by atoms with Crippen LogP contribution >= 0.6 is 11.8 Å². The van der Waals surface area contributed by atoms with Gasteiger partial charge in [-0.3, -0.25) is 4.79 Å². The summed E-state index contributed by atoms with van der Waals surface area (Å²) in [5.74, 6) is 1.94. The van der Waals surface area contributed by atoms with Gasteiger partial charge < -0.3 is 4.90 Å². The van der Waals surface area contributed by atoms with Gasteiger partial charge >= 0.3 is 0 Å². The molecule has 0 saturated heterocycles. The summed E-state index contributed by atoms with van der Waals surface area (Å²) >= 11 is 1.72.